The van der Waals surface area contributed by atoms with E-state index in [9.17, 15) is 0 Å². The van der Waals surface area contributed by atoms with Gasteiger partial charge in [-0.3, -0.25) is 0 Å². The van der Waals surface area contributed by atoms with Gasteiger partial charge in [-0.25, -0.2) is 0 Å². The van der Waals surface area contributed by atoms with Gasteiger partial charge in [0.25, 0.3) is 0 Å². The highest BCUT2D eigenvalue weighted by Crippen LogP contribution is 2.49. The van der Waals surface area contributed by atoms with Crippen LogP contribution in [0, 0.1) is 0 Å². The average molecular weight is 655 g/mol. The van der Waals surface area contributed by atoms with Crippen molar-refractivity contribution < 1.29 is 0 Å². The lowest BCUT2D eigenvalue weighted by Crippen LogP contribution is -2.16. The Morgan fingerprint density at radius 2 is 0.680 bits per heavy atom. The van der Waals surface area contributed by atoms with Gasteiger partial charge in [0.1, 0.15) is 0 Å². The molecule has 0 atom stereocenters. The molecule has 0 aliphatic rings. The molecule has 0 fully saturated rings. The minimum absolute atomic E-state index is 0.0105. The Bertz CT molecular complexity index is 2380. The SMILES string of the molecule is CC(C)(C)c1cc(-c2c3ccccc3c(-c3cc(C(C)(C)C)cc(C(C)(C)C)c3)c3c2ccc2c4ccccc4ccc23)cc(C(C)(C)C)c1. The average Bonchev–Trinajstić information content (AvgIpc) is 3.04. The van der Waals surface area contributed by atoms with Crippen molar-refractivity contribution in [3.8, 4) is 22.3 Å². The molecule has 0 aliphatic carbocycles. The Kier molecular flexibility index (Phi) is 7.87. The zero-order chi connectivity index (χ0) is 36.0. The molecule has 0 radical (unpaired) electrons. The van der Waals surface area contributed by atoms with Gasteiger partial charge in [-0.2, -0.15) is 0 Å². The van der Waals surface area contributed by atoms with E-state index in [0.29, 0.717) is 0 Å². The molecule has 0 aromatic heterocycles. The van der Waals surface area contributed by atoms with Crippen molar-refractivity contribution in [2.75, 3.05) is 0 Å². The summed E-state index contributed by atoms with van der Waals surface area (Å²) in [5, 5.41) is 10.5. The predicted octanol–water partition coefficient (Wildman–Crippen LogP) is 14.8. The maximum absolute atomic E-state index is 2.48. The van der Waals surface area contributed by atoms with Crippen LogP contribution in [0.1, 0.15) is 105 Å². The summed E-state index contributed by atoms with van der Waals surface area (Å²) >= 11 is 0. The minimum atomic E-state index is 0.0105. The minimum Gasteiger partial charge on any atom is -0.0616 e. The van der Waals surface area contributed by atoms with Gasteiger partial charge >= 0.3 is 0 Å². The third-order valence-electron chi connectivity index (χ3n) is 10.8. The van der Waals surface area contributed by atoms with Crippen molar-refractivity contribution in [2.24, 2.45) is 0 Å². The number of fused-ring (bicyclic) bond motifs is 6. The first-order valence-electron chi connectivity index (χ1n) is 18.4. The molecule has 0 bridgehead atoms. The van der Waals surface area contributed by atoms with E-state index in [1.807, 2.05) is 0 Å². The summed E-state index contributed by atoms with van der Waals surface area (Å²) in [6, 6.07) is 42.3. The van der Waals surface area contributed by atoms with E-state index in [-0.39, 0.29) is 21.7 Å². The van der Waals surface area contributed by atoms with Gasteiger partial charge in [-0.1, -0.05) is 192 Å². The topological polar surface area (TPSA) is 0 Å². The molecule has 0 nitrogen and oxygen atoms in total. The second-order valence-electron chi connectivity index (χ2n) is 18.8. The molecule has 0 N–H and O–H groups in total. The van der Waals surface area contributed by atoms with Crippen molar-refractivity contribution in [3.05, 3.63) is 131 Å². The molecule has 0 aliphatic heterocycles. The third kappa shape index (κ3) is 5.91. The molecular weight excluding hydrogens is 601 g/mol. The molecule has 0 unspecified atom stereocenters. The van der Waals surface area contributed by atoms with E-state index in [4.69, 9.17) is 0 Å². The van der Waals surface area contributed by atoms with Gasteiger partial charge in [0.2, 0.25) is 0 Å². The molecule has 0 saturated heterocycles. The standard InChI is InChI=1S/C50H54/c1-47(2,3)34-25-32(26-35(29-34)48(4,5)6)44-40-19-15-16-20-41(40)45(33-27-36(49(7,8)9)30-37(28-33)50(10,11)12)46-42-22-21-31-17-13-14-18-38(31)39(42)23-24-43(44)46/h13-30H,1-12H3. The van der Waals surface area contributed by atoms with Crippen LogP contribution in [0.2, 0.25) is 0 Å². The van der Waals surface area contributed by atoms with Gasteiger partial charge in [0, 0.05) is 0 Å². The molecule has 0 saturated carbocycles. The molecule has 7 rings (SSSR count). The van der Waals surface area contributed by atoms with Crippen LogP contribution in [0.4, 0.5) is 0 Å². The highest BCUT2D eigenvalue weighted by Gasteiger charge is 2.26. The molecule has 254 valence electrons. The third-order valence-corrected chi connectivity index (χ3v) is 10.8. The second kappa shape index (κ2) is 11.6. The fourth-order valence-corrected chi connectivity index (χ4v) is 7.65. The van der Waals surface area contributed by atoms with Crippen LogP contribution < -0.4 is 0 Å². The quantitative estimate of drug-likeness (QED) is 0.129. The van der Waals surface area contributed by atoms with Crippen LogP contribution >= 0.6 is 0 Å². The largest absolute Gasteiger partial charge is 0.0616 e. The van der Waals surface area contributed by atoms with E-state index >= 15 is 0 Å². The summed E-state index contributed by atoms with van der Waals surface area (Å²) in [6.45, 7) is 28.1. The summed E-state index contributed by atoms with van der Waals surface area (Å²) in [7, 11) is 0. The molecule has 0 heterocycles. The first kappa shape index (κ1) is 34.0. The summed E-state index contributed by atoms with van der Waals surface area (Å²) in [5.41, 5.74) is 10.8. The maximum Gasteiger partial charge on any atom is -0.00139 e. The normalized spacial score (nSPS) is 13.2. The zero-order valence-corrected chi connectivity index (χ0v) is 32.4. The van der Waals surface area contributed by atoms with Crippen LogP contribution in [0.25, 0.3) is 65.3 Å². The monoisotopic (exact) mass is 654 g/mol. The Balaban J connectivity index is 1.74. The van der Waals surface area contributed by atoms with Gasteiger partial charge < -0.3 is 0 Å². The fraction of sp³-hybridized carbons (Fsp3) is 0.320. The first-order chi connectivity index (χ1) is 23.3. The number of rotatable bonds is 2. The lowest BCUT2D eigenvalue weighted by molar-refractivity contribution is 0.568. The summed E-state index contributed by atoms with van der Waals surface area (Å²) < 4.78 is 0. The van der Waals surface area contributed by atoms with E-state index in [2.05, 4.69) is 192 Å². The smallest absolute Gasteiger partial charge is 0.00139 e. The maximum atomic E-state index is 2.48. The molecule has 0 spiro atoms. The van der Waals surface area contributed by atoms with Crippen molar-refractivity contribution >= 4 is 43.1 Å². The highest BCUT2D eigenvalue weighted by atomic mass is 14.3. The van der Waals surface area contributed by atoms with Crippen LogP contribution in [0.15, 0.2) is 109 Å². The van der Waals surface area contributed by atoms with Crippen LogP contribution in [-0.2, 0) is 21.7 Å². The van der Waals surface area contributed by atoms with Crippen molar-refractivity contribution in [3.63, 3.8) is 0 Å². The summed E-state index contributed by atoms with van der Waals surface area (Å²) in [5.74, 6) is 0. The molecule has 7 aromatic rings. The number of benzene rings is 7. The molecule has 0 amide bonds. The fourth-order valence-electron chi connectivity index (χ4n) is 7.65. The van der Waals surface area contributed by atoms with E-state index < -0.39 is 0 Å². The Morgan fingerprint density at radius 3 is 1.16 bits per heavy atom. The zero-order valence-electron chi connectivity index (χ0n) is 32.4. The predicted molar refractivity (Wildman–Crippen MR) is 222 cm³/mol. The van der Waals surface area contributed by atoms with E-state index in [1.165, 1.54) is 87.6 Å². The molecule has 0 heteroatoms. The van der Waals surface area contributed by atoms with Crippen molar-refractivity contribution in [1.82, 2.24) is 0 Å². The Morgan fingerprint density at radius 1 is 0.300 bits per heavy atom. The van der Waals surface area contributed by atoms with Gasteiger partial charge in [-0.15, -0.1) is 0 Å². The Labute approximate surface area is 300 Å². The van der Waals surface area contributed by atoms with Gasteiger partial charge in [0.05, 0.1) is 0 Å². The van der Waals surface area contributed by atoms with Gasteiger partial charge in [0.15, 0.2) is 0 Å². The first-order valence-corrected chi connectivity index (χ1v) is 18.4. The summed E-state index contributed by atoms with van der Waals surface area (Å²) in [4.78, 5) is 0. The second-order valence-corrected chi connectivity index (χ2v) is 18.8. The Hall–Kier alpha value is -4.42. The molecule has 50 heavy (non-hydrogen) atoms. The van der Waals surface area contributed by atoms with Crippen molar-refractivity contribution in [2.45, 2.75) is 105 Å². The van der Waals surface area contributed by atoms with Gasteiger partial charge in [-0.05, 0) is 109 Å². The van der Waals surface area contributed by atoms with Crippen LogP contribution in [0.3, 0.4) is 0 Å². The molecule has 7 aromatic carbocycles. The lowest BCUT2D eigenvalue weighted by atomic mass is 9.76. The molecular formula is C50H54. The van der Waals surface area contributed by atoms with Crippen LogP contribution in [0.5, 0.6) is 0 Å². The lowest BCUT2D eigenvalue weighted by Gasteiger charge is -2.28. The van der Waals surface area contributed by atoms with E-state index in [0.717, 1.165) is 0 Å². The highest BCUT2D eigenvalue weighted by molar-refractivity contribution is 6.30. The number of hydrogen-bond donors (Lipinski definition) is 0. The van der Waals surface area contributed by atoms with E-state index in [1.54, 1.807) is 0 Å². The van der Waals surface area contributed by atoms with Crippen LogP contribution in [-0.4, -0.2) is 0 Å². The number of hydrogen-bond acceptors (Lipinski definition) is 0. The summed E-state index contributed by atoms with van der Waals surface area (Å²) in [6.07, 6.45) is 0. The van der Waals surface area contributed by atoms with Crippen molar-refractivity contribution in [1.29, 1.82) is 0 Å².